The third kappa shape index (κ3) is 0.611. The summed E-state index contributed by atoms with van der Waals surface area (Å²) >= 11 is 0. The maximum Gasteiger partial charge on any atom is 0.266 e. The Morgan fingerprint density at radius 1 is 1.27 bits per heavy atom. The van der Waals surface area contributed by atoms with Crippen molar-refractivity contribution in [3.8, 4) is 0 Å². The van der Waals surface area contributed by atoms with E-state index < -0.39 is 0 Å². The lowest BCUT2D eigenvalue weighted by molar-refractivity contribution is -0.543. The minimum Gasteiger partial charge on any atom is -0.243 e. The Bertz CT molecular complexity index is 435. The molecule has 1 aliphatic rings. The van der Waals surface area contributed by atoms with Crippen molar-refractivity contribution in [2.45, 2.75) is 6.54 Å². The molecule has 52 valence electrons. The van der Waals surface area contributed by atoms with Crippen LogP contribution in [0.3, 0.4) is 0 Å². The maximum absolute atomic E-state index is 4.31. The number of rotatable bonds is 0. The van der Waals surface area contributed by atoms with Crippen molar-refractivity contribution < 1.29 is 4.57 Å². The number of aromatic nitrogens is 2. The van der Waals surface area contributed by atoms with Crippen LogP contribution in [0.1, 0.15) is 5.69 Å². The first-order valence-electron chi connectivity index (χ1n) is 3.71. The van der Waals surface area contributed by atoms with Crippen LogP contribution in [0.15, 0.2) is 30.5 Å². The van der Waals surface area contributed by atoms with Crippen molar-refractivity contribution in [1.82, 2.24) is 4.98 Å². The van der Waals surface area contributed by atoms with E-state index >= 15 is 0 Å². The lowest BCUT2D eigenvalue weighted by Gasteiger charge is -1.85. The zero-order valence-electron chi connectivity index (χ0n) is 5.99. The monoisotopic (exact) mass is 143 g/mol. The Morgan fingerprint density at radius 2 is 2.18 bits per heavy atom. The average Bonchev–Trinajstić information content (AvgIpc) is 2.83. The molecule has 2 heterocycles. The van der Waals surface area contributed by atoms with E-state index in [0.29, 0.717) is 0 Å². The Balaban J connectivity index is 2.56. The summed E-state index contributed by atoms with van der Waals surface area (Å²) in [5.74, 6) is 0. The van der Waals surface area contributed by atoms with Gasteiger partial charge in [0.25, 0.3) is 5.69 Å². The highest BCUT2D eigenvalue weighted by molar-refractivity contribution is 5.70. The molecule has 2 nitrogen and oxygen atoms in total. The van der Waals surface area contributed by atoms with Gasteiger partial charge in [-0.25, -0.2) is 4.98 Å². The van der Waals surface area contributed by atoms with Crippen LogP contribution < -0.4 is 4.57 Å². The molecular formula is C9H7N2+. The van der Waals surface area contributed by atoms with Crippen molar-refractivity contribution in [3.05, 3.63) is 36.2 Å². The molecule has 1 aromatic carbocycles. The van der Waals surface area contributed by atoms with E-state index in [9.17, 15) is 0 Å². The summed E-state index contributed by atoms with van der Waals surface area (Å²) in [6.07, 6.45) is 1.95. The third-order valence-corrected chi connectivity index (χ3v) is 2.09. The number of hydrogen-bond acceptors (Lipinski definition) is 1. The van der Waals surface area contributed by atoms with Crippen LogP contribution in [0, 0.1) is 0 Å². The van der Waals surface area contributed by atoms with Gasteiger partial charge in [-0.1, -0.05) is 12.1 Å². The molecule has 0 spiro atoms. The summed E-state index contributed by atoms with van der Waals surface area (Å²) in [6, 6.07) is 8.22. The number of para-hydroxylation sites is 2. The van der Waals surface area contributed by atoms with Gasteiger partial charge >= 0.3 is 0 Å². The lowest BCUT2D eigenvalue weighted by atomic mass is 10.3. The van der Waals surface area contributed by atoms with Crippen LogP contribution in [0.5, 0.6) is 0 Å². The molecule has 0 saturated carbocycles. The van der Waals surface area contributed by atoms with Crippen LogP contribution in [0.4, 0.5) is 0 Å². The molecule has 0 N–H and O–H groups in total. The molecule has 0 aliphatic carbocycles. The minimum atomic E-state index is 1.07. The van der Waals surface area contributed by atoms with Crippen LogP contribution >= 0.6 is 0 Å². The first-order chi connectivity index (χ1) is 5.45. The van der Waals surface area contributed by atoms with Crippen molar-refractivity contribution in [3.63, 3.8) is 0 Å². The standard InChI is InChI=1S/C9H7N2/c1-2-4-9-8(3-1)10-5-7-6-11(7)9/h1-5H,6H2/q+1. The second-order valence-corrected chi connectivity index (χ2v) is 2.82. The Morgan fingerprint density at radius 3 is 3.18 bits per heavy atom. The second-order valence-electron chi connectivity index (χ2n) is 2.82. The SMILES string of the molecule is c1ccc2c(c1)ncc1[n+]2C1. The van der Waals surface area contributed by atoms with Gasteiger partial charge in [0.2, 0.25) is 12.1 Å². The fourth-order valence-corrected chi connectivity index (χ4v) is 1.42. The van der Waals surface area contributed by atoms with Gasteiger partial charge < -0.3 is 0 Å². The van der Waals surface area contributed by atoms with E-state index in [1.54, 1.807) is 0 Å². The highest BCUT2D eigenvalue weighted by Crippen LogP contribution is 2.12. The zero-order chi connectivity index (χ0) is 7.26. The molecule has 0 radical (unpaired) electrons. The number of hydrogen-bond donors (Lipinski definition) is 0. The van der Waals surface area contributed by atoms with Gasteiger partial charge in [0.05, 0.1) is 0 Å². The fraction of sp³-hybridized carbons (Fsp3) is 0.111. The maximum atomic E-state index is 4.31. The van der Waals surface area contributed by atoms with Crippen molar-refractivity contribution in [2.75, 3.05) is 0 Å². The molecule has 2 heteroatoms. The molecule has 0 unspecified atom stereocenters. The van der Waals surface area contributed by atoms with Gasteiger partial charge in [-0.05, 0) is 6.07 Å². The zero-order valence-corrected chi connectivity index (χ0v) is 5.99. The highest BCUT2D eigenvalue weighted by atomic mass is 15.1. The molecule has 0 amide bonds. The van der Waals surface area contributed by atoms with E-state index in [1.807, 2.05) is 18.3 Å². The van der Waals surface area contributed by atoms with Gasteiger partial charge in [0, 0.05) is 6.07 Å². The topological polar surface area (TPSA) is 16.8 Å². The van der Waals surface area contributed by atoms with E-state index in [2.05, 4.69) is 21.7 Å². The Kier molecular flexibility index (Phi) is 0.756. The summed E-state index contributed by atoms with van der Waals surface area (Å²) in [6.45, 7) is 1.07. The molecule has 3 rings (SSSR count). The van der Waals surface area contributed by atoms with E-state index in [-0.39, 0.29) is 0 Å². The summed E-state index contributed by atoms with van der Waals surface area (Å²) in [7, 11) is 0. The minimum absolute atomic E-state index is 1.07. The fourth-order valence-electron chi connectivity index (χ4n) is 1.42. The highest BCUT2D eigenvalue weighted by Gasteiger charge is 2.31. The van der Waals surface area contributed by atoms with Crippen LogP contribution in [-0.2, 0) is 6.54 Å². The first-order valence-corrected chi connectivity index (χ1v) is 3.71. The summed E-state index contributed by atoms with van der Waals surface area (Å²) < 4.78 is 2.27. The molecule has 0 atom stereocenters. The Hall–Kier alpha value is -1.44. The van der Waals surface area contributed by atoms with E-state index in [4.69, 9.17) is 0 Å². The molecule has 0 bridgehead atoms. The molecule has 1 aromatic heterocycles. The van der Waals surface area contributed by atoms with Gasteiger partial charge in [0.15, 0.2) is 0 Å². The normalized spacial score (nSPS) is 13.1. The summed E-state index contributed by atoms with van der Waals surface area (Å²) in [5.41, 5.74) is 3.68. The van der Waals surface area contributed by atoms with E-state index in [1.165, 1.54) is 11.2 Å². The first kappa shape index (κ1) is 5.24. The number of benzene rings is 1. The average molecular weight is 143 g/mol. The molecule has 2 aromatic rings. The summed E-state index contributed by atoms with van der Waals surface area (Å²) in [4.78, 5) is 4.31. The van der Waals surface area contributed by atoms with Crippen LogP contribution in [0.2, 0.25) is 0 Å². The lowest BCUT2D eigenvalue weighted by Crippen LogP contribution is -2.11. The Labute approximate surface area is 64.1 Å². The predicted molar refractivity (Wildman–Crippen MR) is 41.0 cm³/mol. The molecular weight excluding hydrogens is 136 g/mol. The molecule has 11 heavy (non-hydrogen) atoms. The van der Waals surface area contributed by atoms with Crippen molar-refractivity contribution >= 4 is 11.0 Å². The van der Waals surface area contributed by atoms with Gasteiger partial charge in [-0.2, -0.15) is 4.57 Å². The smallest absolute Gasteiger partial charge is 0.243 e. The molecule has 0 fully saturated rings. The van der Waals surface area contributed by atoms with Crippen molar-refractivity contribution in [2.24, 2.45) is 0 Å². The summed E-state index contributed by atoms with van der Waals surface area (Å²) in [5, 5.41) is 0. The predicted octanol–water partition coefficient (Wildman–Crippen LogP) is 0.884. The van der Waals surface area contributed by atoms with Gasteiger partial charge in [-0.3, -0.25) is 0 Å². The third-order valence-electron chi connectivity index (χ3n) is 2.09. The molecule has 0 saturated heterocycles. The number of nitrogens with zero attached hydrogens (tertiary/aromatic N) is 2. The second kappa shape index (κ2) is 1.59. The quantitative estimate of drug-likeness (QED) is 0.427. The molecule has 1 aliphatic heterocycles. The van der Waals surface area contributed by atoms with Crippen LogP contribution in [-0.4, -0.2) is 4.98 Å². The van der Waals surface area contributed by atoms with Gasteiger partial charge in [-0.15, -0.1) is 0 Å². The number of fused-ring (bicyclic) bond motifs is 3. The van der Waals surface area contributed by atoms with Crippen molar-refractivity contribution in [1.29, 1.82) is 0 Å². The van der Waals surface area contributed by atoms with E-state index in [0.717, 1.165) is 12.1 Å². The van der Waals surface area contributed by atoms with Crippen LogP contribution in [0.25, 0.3) is 11.0 Å². The van der Waals surface area contributed by atoms with Gasteiger partial charge in [0.1, 0.15) is 11.7 Å². The largest absolute Gasteiger partial charge is 0.266 e.